The zero-order valence-corrected chi connectivity index (χ0v) is 20.0. The number of aryl methyl sites for hydroxylation is 2. The van der Waals surface area contributed by atoms with Gasteiger partial charge in [-0.15, -0.1) is 21.5 Å². The van der Waals surface area contributed by atoms with Crippen LogP contribution in [0.3, 0.4) is 0 Å². The monoisotopic (exact) mass is 439 g/mol. The van der Waals surface area contributed by atoms with Crippen LogP contribution in [-0.4, -0.2) is 38.8 Å². The summed E-state index contributed by atoms with van der Waals surface area (Å²) in [6.45, 7) is 17.2. The maximum Gasteiger partial charge on any atom is 0.308 e. The number of aromatic nitrogens is 3. The van der Waals surface area contributed by atoms with E-state index in [-0.39, 0.29) is 12.4 Å². The standard InChI is InChI=1S/C23H29N5O2S/c1-9-16(10-11-24-8)20-19-13(2)14(3)31-22(19)28-15(4)26-27-21(28)17(25-20)12-18(29)30-23(5,6)7/h9-11,17H,8,12H2,1-7H3/b11-10-,16-9+/t17-/m0/s1. The molecular formula is C23H29N5O2S. The Bertz CT molecular complexity index is 1110. The van der Waals surface area contributed by atoms with Crippen LogP contribution in [0.25, 0.3) is 5.00 Å². The van der Waals surface area contributed by atoms with Crippen LogP contribution in [0.5, 0.6) is 0 Å². The van der Waals surface area contributed by atoms with Gasteiger partial charge in [0.1, 0.15) is 22.5 Å². The van der Waals surface area contributed by atoms with Gasteiger partial charge in [-0.2, -0.15) is 0 Å². The average Bonchev–Trinajstić information content (AvgIpc) is 3.14. The number of ether oxygens (including phenoxy) is 1. The van der Waals surface area contributed by atoms with Gasteiger partial charge >= 0.3 is 5.97 Å². The molecule has 1 aliphatic rings. The number of hydrogen-bond donors (Lipinski definition) is 0. The fourth-order valence-electron chi connectivity index (χ4n) is 3.51. The van der Waals surface area contributed by atoms with Gasteiger partial charge in [0.25, 0.3) is 0 Å². The van der Waals surface area contributed by atoms with Gasteiger partial charge in [0.05, 0.1) is 12.1 Å². The van der Waals surface area contributed by atoms with Gasteiger partial charge in [0.15, 0.2) is 5.82 Å². The van der Waals surface area contributed by atoms with Crippen molar-refractivity contribution >= 4 is 29.7 Å². The molecule has 2 aromatic heterocycles. The molecule has 0 aliphatic carbocycles. The van der Waals surface area contributed by atoms with Gasteiger partial charge in [-0.3, -0.25) is 19.3 Å². The van der Waals surface area contributed by atoms with Crippen molar-refractivity contribution in [3.63, 3.8) is 0 Å². The molecule has 0 bridgehead atoms. The number of aliphatic imine (C=N–C) groups is 2. The Balaban J connectivity index is 2.23. The molecule has 3 rings (SSSR count). The first-order valence-corrected chi connectivity index (χ1v) is 11.0. The predicted octanol–water partition coefficient (Wildman–Crippen LogP) is 4.99. The number of carbonyl (C=O) groups excluding carboxylic acids is 1. The number of nitrogens with zero attached hydrogens (tertiary/aromatic N) is 5. The highest BCUT2D eigenvalue weighted by Gasteiger charge is 2.33. The highest BCUT2D eigenvalue weighted by atomic mass is 32.1. The number of allylic oxidation sites excluding steroid dienone is 3. The van der Waals surface area contributed by atoms with E-state index >= 15 is 0 Å². The van der Waals surface area contributed by atoms with E-state index in [9.17, 15) is 4.79 Å². The largest absolute Gasteiger partial charge is 0.460 e. The van der Waals surface area contributed by atoms with Gasteiger partial charge < -0.3 is 4.74 Å². The number of hydrogen-bond acceptors (Lipinski definition) is 7. The lowest BCUT2D eigenvalue weighted by Gasteiger charge is -2.21. The second-order valence-corrected chi connectivity index (χ2v) is 9.63. The van der Waals surface area contributed by atoms with Crippen LogP contribution in [-0.2, 0) is 9.53 Å². The quantitative estimate of drug-likeness (QED) is 0.373. The van der Waals surface area contributed by atoms with Crippen molar-refractivity contribution < 1.29 is 9.53 Å². The molecule has 0 amide bonds. The first-order chi connectivity index (χ1) is 14.6. The molecule has 7 nitrogen and oxygen atoms in total. The number of thiophene rings is 1. The molecule has 0 spiro atoms. The van der Waals surface area contributed by atoms with E-state index in [1.54, 1.807) is 17.5 Å². The summed E-state index contributed by atoms with van der Waals surface area (Å²) < 4.78 is 7.60. The summed E-state index contributed by atoms with van der Waals surface area (Å²) in [4.78, 5) is 22.8. The fraction of sp³-hybridized carbons (Fsp3) is 0.435. The lowest BCUT2D eigenvalue weighted by molar-refractivity contribution is -0.155. The maximum absolute atomic E-state index is 12.7. The van der Waals surface area contributed by atoms with Crippen molar-refractivity contribution in [1.29, 1.82) is 0 Å². The van der Waals surface area contributed by atoms with E-state index in [2.05, 4.69) is 35.8 Å². The number of rotatable bonds is 5. The zero-order valence-electron chi connectivity index (χ0n) is 19.2. The Kier molecular flexibility index (Phi) is 6.40. The zero-order chi connectivity index (χ0) is 22.9. The molecule has 0 fully saturated rings. The summed E-state index contributed by atoms with van der Waals surface area (Å²) >= 11 is 1.68. The Hall–Kier alpha value is -2.87. The Morgan fingerprint density at radius 3 is 2.61 bits per heavy atom. The van der Waals surface area contributed by atoms with E-state index in [0.717, 1.165) is 33.2 Å². The minimum absolute atomic E-state index is 0.0757. The summed E-state index contributed by atoms with van der Waals surface area (Å²) in [5, 5.41) is 9.71. The number of fused-ring (bicyclic) bond motifs is 3. The normalized spacial score (nSPS) is 16.5. The first-order valence-electron chi connectivity index (χ1n) is 10.2. The van der Waals surface area contributed by atoms with Crippen LogP contribution in [0.1, 0.15) is 67.8 Å². The lowest BCUT2D eigenvalue weighted by atomic mass is 9.99. The van der Waals surface area contributed by atoms with Gasteiger partial charge in [-0.25, -0.2) is 0 Å². The van der Waals surface area contributed by atoms with Crippen molar-refractivity contribution in [2.24, 2.45) is 9.98 Å². The molecule has 1 aliphatic heterocycles. The van der Waals surface area contributed by atoms with Crippen molar-refractivity contribution in [2.75, 3.05) is 0 Å². The third kappa shape index (κ3) is 4.58. The highest BCUT2D eigenvalue weighted by Crippen LogP contribution is 2.39. The number of carbonyl (C=O) groups is 1. The average molecular weight is 440 g/mol. The molecule has 0 saturated heterocycles. The molecule has 8 heteroatoms. The smallest absolute Gasteiger partial charge is 0.308 e. The predicted molar refractivity (Wildman–Crippen MR) is 126 cm³/mol. The van der Waals surface area contributed by atoms with Crippen LogP contribution in [0.15, 0.2) is 33.9 Å². The van der Waals surface area contributed by atoms with Crippen molar-refractivity contribution in [3.05, 3.63) is 51.6 Å². The summed E-state index contributed by atoms with van der Waals surface area (Å²) in [5.41, 5.74) is 3.31. The van der Waals surface area contributed by atoms with Crippen LogP contribution in [0.2, 0.25) is 0 Å². The topological polar surface area (TPSA) is 81.7 Å². The van der Waals surface area contributed by atoms with Gasteiger partial charge in [0, 0.05) is 16.6 Å². The molecule has 2 aromatic rings. The molecule has 0 aromatic carbocycles. The van der Waals surface area contributed by atoms with Crippen LogP contribution >= 0.6 is 11.3 Å². The van der Waals surface area contributed by atoms with Crippen LogP contribution in [0.4, 0.5) is 0 Å². The second-order valence-electron chi connectivity index (χ2n) is 8.43. The number of esters is 1. The van der Waals surface area contributed by atoms with E-state index < -0.39 is 11.6 Å². The van der Waals surface area contributed by atoms with Crippen molar-refractivity contribution in [1.82, 2.24) is 14.8 Å². The van der Waals surface area contributed by atoms with Crippen molar-refractivity contribution in [2.45, 2.75) is 66.5 Å². The summed E-state index contributed by atoms with van der Waals surface area (Å²) in [6, 6.07) is -0.523. The Morgan fingerprint density at radius 1 is 1.29 bits per heavy atom. The fourth-order valence-corrected chi connectivity index (χ4v) is 4.72. The molecular weight excluding hydrogens is 410 g/mol. The second kappa shape index (κ2) is 8.70. The third-order valence-electron chi connectivity index (χ3n) is 4.96. The molecule has 31 heavy (non-hydrogen) atoms. The summed E-state index contributed by atoms with van der Waals surface area (Å²) in [6.07, 6.45) is 5.59. The molecule has 1 atom stereocenters. The SMILES string of the molecule is C=N/C=C\C(=C/C)C1=N[C@@H](CC(=O)OC(C)(C)C)c2nnc(C)n2-c2sc(C)c(C)c21. The van der Waals surface area contributed by atoms with E-state index in [0.29, 0.717) is 5.82 Å². The Labute approximate surface area is 187 Å². The maximum atomic E-state index is 12.7. The van der Waals surface area contributed by atoms with E-state index in [1.165, 1.54) is 4.88 Å². The van der Waals surface area contributed by atoms with Gasteiger partial charge in [-0.1, -0.05) is 6.08 Å². The molecule has 0 unspecified atom stereocenters. The molecule has 0 radical (unpaired) electrons. The summed E-state index contributed by atoms with van der Waals surface area (Å²) in [7, 11) is 0. The van der Waals surface area contributed by atoms with E-state index in [1.807, 2.05) is 51.3 Å². The first kappa shape index (κ1) is 22.8. The van der Waals surface area contributed by atoms with Gasteiger partial charge in [-0.05, 0) is 72.4 Å². The minimum Gasteiger partial charge on any atom is -0.460 e. The highest BCUT2D eigenvalue weighted by molar-refractivity contribution is 7.15. The minimum atomic E-state index is -0.572. The molecule has 0 N–H and O–H groups in total. The third-order valence-corrected chi connectivity index (χ3v) is 6.16. The van der Waals surface area contributed by atoms with Crippen molar-refractivity contribution in [3.8, 4) is 5.00 Å². The Morgan fingerprint density at radius 2 is 2.00 bits per heavy atom. The molecule has 3 heterocycles. The van der Waals surface area contributed by atoms with E-state index in [4.69, 9.17) is 9.73 Å². The lowest BCUT2D eigenvalue weighted by Crippen LogP contribution is -2.25. The van der Waals surface area contributed by atoms with Gasteiger partial charge in [0.2, 0.25) is 0 Å². The summed E-state index contributed by atoms with van der Waals surface area (Å²) in [5.74, 6) is 1.08. The van der Waals surface area contributed by atoms with Crippen LogP contribution < -0.4 is 0 Å². The molecule has 0 saturated carbocycles. The molecule has 164 valence electrons. The van der Waals surface area contributed by atoms with Crippen LogP contribution in [0, 0.1) is 20.8 Å².